The highest BCUT2D eigenvalue weighted by Crippen LogP contribution is 2.41. The second-order valence-corrected chi connectivity index (χ2v) is 6.24. The molecule has 0 aromatic rings. The Morgan fingerprint density at radius 3 is 2.67 bits per heavy atom. The number of hydrogen-bond acceptors (Lipinski definition) is 3. The van der Waals surface area contributed by atoms with E-state index in [9.17, 15) is 4.57 Å². The average Bonchev–Trinajstić information content (AvgIpc) is 2.26. The average molecular weight is 274 g/mol. The maximum absolute atomic E-state index is 10.9. The number of rotatable bonds is 4. The minimum absolute atomic E-state index is 0.0375. The zero-order chi connectivity index (χ0) is 14.0. The molecule has 0 saturated carbocycles. The molecule has 0 aromatic carbocycles. The van der Waals surface area contributed by atoms with Gasteiger partial charge in [0.2, 0.25) is 0 Å². The monoisotopic (exact) mass is 274 g/mol. The molecule has 18 heavy (non-hydrogen) atoms. The molecule has 1 saturated heterocycles. The van der Waals surface area contributed by atoms with Crippen molar-refractivity contribution in [2.75, 3.05) is 7.11 Å². The van der Waals surface area contributed by atoms with Crippen LogP contribution in [0.3, 0.4) is 0 Å². The van der Waals surface area contributed by atoms with Crippen molar-refractivity contribution < 1.29 is 23.8 Å². The molecule has 4 atom stereocenters. The van der Waals surface area contributed by atoms with E-state index in [0.29, 0.717) is 6.42 Å². The first-order valence-corrected chi connectivity index (χ1v) is 7.49. The van der Waals surface area contributed by atoms with E-state index in [2.05, 4.69) is 6.58 Å². The van der Waals surface area contributed by atoms with Crippen LogP contribution in [0.1, 0.15) is 13.3 Å². The lowest BCUT2D eigenvalue weighted by Gasteiger charge is -2.44. The van der Waals surface area contributed by atoms with Crippen LogP contribution in [0.15, 0.2) is 24.5 Å². The summed E-state index contributed by atoms with van der Waals surface area (Å²) in [6.07, 6.45) is 3.85. The van der Waals surface area contributed by atoms with Gasteiger partial charge in [0.15, 0.2) is 0 Å². The second-order valence-electron chi connectivity index (χ2n) is 4.76. The van der Waals surface area contributed by atoms with Crippen LogP contribution in [0.4, 0.5) is 0 Å². The van der Waals surface area contributed by atoms with Crippen LogP contribution in [-0.4, -0.2) is 42.5 Å². The fraction of sp³-hybridized carbons (Fsp3) is 0.636. The lowest BCUT2D eigenvalue weighted by atomic mass is 9.76. The largest absolute Gasteiger partial charge is 0.380 e. The number of hydrogen-bond donors (Lipinski definition) is 2. The molecule has 0 amide bonds. The molecular formula is C11H20BO5P. The quantitative estimate of drug-likeness (QED) is 0.447. The molecule has 7 heteroatoms. The van der Waals surface area contributed by atoms with Gasteiger partial charge >= 0.3 is 7.60 Å². The predicted octanol–water partition coefficient (Wildman–Crippen LogP) is 0.633. The Morgan fingerprint density at radius 2 is 2.22 bits per heavy atom. The molecule has 102 valence electrons. The summed E-state index contributed by atoms with van der Waals surface area (Å²) in [6.45, 7) is 5.55. The Labute approximate surface area is 108 Å². The minimum Gasteiger partial charge on any atom is -0.380 e. The van der Waals surface area contributed by atoms with E-state index in [1.54, 1.807) is 20.1 Å². The molecule has 1 heterocycles. The van der Waals surface area contributed by atoms with Gasteiger partial charge < -0.3 is 19.3 Å². The van der Waals surface area contributed by atoms with Gasteiger partial charge in [-0.15, -0.1) is 6.58 Å². The molecule has 1 fully saturated rings. The van der Waals surface area contributed by atoms with E-state index in [-0.39, 0.29) is 18.0 Å². The second kappa shape index (κ2) is 5.72. The Hall–Kier alpha value is -0.385. The normalized spacial score (nSPS) is 37.9. The summed E-state index contributed by atoms with van der Waals surface area (Å²) in [4.78, 5) is 17.8. The Kier molecular flexibility index (Phi) is 4.98. The van der Waals surface area contributed by atoms with Gasteiger partial charge in [-0.25, -0.2) is 0 Å². The fourth-order valence-electron chi connectivity index (χ4n) is 2.27. The van der Waals surface area contributed by atoms with Crippen LogP contribution in [0, 0.1) is 5.92 Å². The van der Waals surface area contributed by atoms with Crippen LogP contribution < -0.4 is 0 Å². The first kappa shape index (κ1) is 15.7. The van der Waals surface area contributed by atoms with Crippen LogP contribution in [-0.2, 0) is 14.0 Å². The zero-order valence-electron chi connectivity index (χ0n) is 10.9. The summed E-state index contributed by atoms with van der Waals surface area (Å²) in [7, 11) is -0.670. The van der Waals surface area contributed by atoms with Crippen molar-refractivity contribution in [3.8, 4) is 0 Å². The van der Waals surface area contributed by atoms with Gasteiger partial charge in [0.1, 0.15) is 7.85 Å². The van der Waals surface area contributed by atoms with Gasteiger partial charge in [-0.2, -0.15) is 0 Å². The molecule has 1 aliphatic rings. The molecular weight excluding hydrogens is 254 g/mol. The molecule has 0 aromatic heterocycles. The Morgan fingerprint density at radius 1 is 1.61 bits per heavy atom. The minimum atomic E-state index is -4.18. The first-order chi connectivity index (χ1) is 8.22. The summed E-state index contributed by atoms with van der Waals surface area (Å²) < 4.78 is 22.1. The van der Waals surface area contributed by atoms with E-state index in [4.69, 9.17) is 19.3 Å². The van der Waals surface area contributed by atoms with Gasteiger partial charge in [0.05, 0.1) is 17.7 Å². The highest BCUT2D eigenvalue weighted by Gasteiger charge is 2.41. The van der Waals surface area contributed by atoms with Crippen molar-refractivity contribution in [3.63, 3.8) is 0 Å². The number of methoxy groups -OCH3 is 1. The molecule has 0 radical (unpaired) electrons. The van der Waals surface area contributed by atoms with Crippen molar-refractivity contribution in [1.82, 2.24) is 0 Å². The lowest BCUT2D eigenvalue weighted by molar-refractivity contribution is -0.141. The summed E-state index contributed by atoms with van der Waals surface area (Å²) in [5.41, 5.74) is -0.767. The van der Waals surface area contributed by atoms with Gasteiger partial charge in [-0.3, -0.25) is 4.57 Å². The topological polar surface area (TPSA) is 76.0 Å². The third-order valence-corrected chi connectivity index (χ3v) is 3.91. The van der Waals surface area contributed by atoms with Crippen molar-refractivity contribution >= 4 is 15.4 Å². The molecule has 5 nitrogen and oxygen atoms in total. The third-order valence-electron chi connectivity index (χ3n) is 3.37. The summed E-state index contributed by atoms with van der Waals surface area (Å²) in [6, 6.07) is -0.141. The van der Waals surface area contributed by atoms with Gasteiger partial charge in [0.25, 0.3) is 0 Å². The Balaban J connectivity index is 2.95. The third kappa shape index (κ3) is 3.80. The van der Waals surface area contributed by atoms with Crippen LogP contribution in [0.5, 0.6) is 0 Å². The number of ether oxygens (including phenoxy) is 2. The summed E-state index contributed by atoms with van der Waals surface area (Å²) >= 11 is 0. The molecule has 2 N–H and O–H groups in total. The summed E-state index contributed by atoms with van der Waals surface area (Å²) in [5, 5.41) is 0. The van der Waals surface area contributed by atoms with Crippen molar-refractivity contribution in [1.29, 1.82) is 0 Å². The molecule has 1 aliphatic heterocycles. The van der Waals surface area contributed by atoms with Crippen molar-refractivity contribution in [3.05, 3.63) is 24.5 Å². The highest BCUT2D eigenvalue weighted by atomic mass is 31.2. The van der Waals surface area contributed by atoms with Crippen molar-refractivity contribution in [2.45, 2.75) is 31.1 Å². The fourth-order valence-corrected chi connectivity index (χ4v) is 2.76. The van der Waals surface area contributed by atoms with Crippen LogP contribution >= 0.6 is 7.60 Å². The standard InChI is InChI=1S/C11H20BO5P/c1-4-8-7-9(16-3)10(12)17-11(8,2)5-6-18(13,14)15/h4-6,8-10H,1,7,12H2,2-3H3,(H2,13,14,15)/b6-5+/t8-,9+,10?,11+/m0/s1. The molecule has 0 bridgehead atoms. The molecule has 0 aliphatic carbocycles. The van der Waals surface area contributed by atoms with Gasteiger partial charge in [0, 0.05) is 18.8 Å². The van der Waals surface area contributed by atoms with E-state index < -0.39 is 13.2 Å². The van der Waals surface area contributed by atoms with E-state index in [0.717, 1.165) is 5.82 Å². The van der Waals surface area contributed by atoms with E-state index in [1.807, 2.05) is 7.85 Å². The van der Waals surface area contributed by atoms with Crippen LogP contribution in [0.2, 0.25) is 0 Å². The Bertz CT molecular complexity index is 380. The highest BCUT2D eigenvalue weighted by molar-refractivity contribution is 7.55. The molecule has 1 unspecified atom stereocenters. The van der Waals surface area contributed by atoms with Crippen LogP contribution in [0.25, 0.3) is 0 Å². The van der Waals surface area contributed by atoms with E-state index >= 15 is 0 Å². The zero-order valence-corrected chi connectivity index (χ0v) is 11.8. The van der Waals surface area contributed by atoms with E-state index in [1.165, 1.54) is 6.08 Å². The smallest absolute Gasteiger partial charge is 0.348 e. The first-order valence-electron chi connectivity index (χ1n) is 5.80. The molecule has 1 rings (SSSR count). The molecule has 0 spiro atoms. The predicted molar refractivity (Wildman–Crippen MR) is 72.1 cm³/mol. The maximum atomic E-state index is 10.9. The van der Waals surface area contributed by atoms with Gasteiger partial charge in [-0.1, -0.05) is 6.08 Å². The van der Waals surface area contributed by atoms with Gasteiger partial charge in [-0.05, 0) is 19.4 Å². The maximum Gasteiger partial charge on any atom is 0.348 e. The lowest BCUT2D eigenvalue weighted by Crippen LogP contribution is -2.50. The SMILES string of the molecule is BC1O[C@](C)(/C=C/P(=O)(O)O)[C@@H](C=C)C[C@H]1OC. The summed E-state index contributed by atoms with van der Waals surface area (Å²) in [5.74, 6) is 0.838. The van der Waals surface area contributed by atoms with Crippen molar-refractivity contribution in [2.24, 2.45) is 5.92 Å².